The van der Waals surface area contributed by atoms with Crippen LogP contribution in [-0.2, 0) is 20.5 Å². The maximum atomic E-state index is 13.3. The summed E-state index contributed by atoms with van der Waals surface area (Å²) in [5.74, 6) is -1.30. The standard InChI is InChI=1S/C10H9ClF4O3S/c1-5(18-19(2,16)17)7-3-6(10(13,14)15)4-8(12)9(7)11/h3-5H,1-2H3. The second kappa shape index (κ2) is 5.26. The van der Waals surface area contributed by atoms with Gasteiger partial charge in [-0.15, -0.1) is 0 Å². The first kappa shape index (κ1) is 16.2. The summed E-state index contributed by atoms with van der Waals surface area (Å²) in [6, 6.07) is 0.792. The van der Waals surface area contributed by atoms with Crippen molar-refractivity contribution < 1.29 is 30.2 Å². The quantitative estimate of drug-likeness (QED) is 0.632. The highest BCUT2D eigenvalue weighted by Crippen LogP contribution is 2.36. The van der Waals surface area contributed by atoms with Crippen molar-refractivity contribution in [3.05, 3.63) is 34.1 Å². The number of halogens is 5. The van der Waals surface area contributed by atoms with Gasteiger partial charge in [0.05, 0.1) is 16.8 Å². The molecular formula is C10H9ClF4O3S. The summed E-state index contributed by atoms with van der Waals surface area (Å²) in [6.45, 7) is 1.15. The fraction of sp³-hybridized carbons (Fsp3) is 0.400. The van der Waals surface area contributed by atoms with Crippen molar-refractivity contribution in [2.75, 3.05) is 6.26 Å². The van der Waals surface area contributed by atoms with E-state index in [1.165, 1.54) is 0 Å². The number of hydrogen-bond donors (Lipinski definition) is 0. The van der Waals surface area contributed by atoms with Gasteiger partial charge < -0.3 is 0 Å². The molecule has 3 nitrogen and oxygen atoms in total. The predicted molar refractivity (Wildman–Crippen MR) is 60.8 cm³/mol. The lowest BCUT2D eigenvalue weighted by Crippen LogP contribution is -2.11. The van der Waals surface area contributed by atoms with Gasteiger partial charge in [0.25, 0.3) is 10.1 Å². The van der Waals surface area contributed by atoms with Crippen molar-refractivity contribution in [1.29, 1.82) is 0 Å². The Bertz CT molecular complexity index is 583. The zero-order chi connectivity index (χ0) is 15.0. The van der Waals surface area contributed by atoms with Crippen LogP contribution in [0.4, 0.5) is 17.6 Å². The molecule has 0 saturated heterocycles. The Balaban J connectivity index is 3.31. The highest BCUT2D eigenvalue weighted by Gasteiger charge is 2.33. The Hall–Kier alpha value is -0.860. The fourth-order valence-electron chi connectivity index (χ4n) is 1.38. The van der Waals surface area contributed by atoms with Crippen molar-refractivity contribution in [1.82, 2.24) is 0 Å². The molecule has 108 valence electrons. The molecule has 1 aromatic rings. The van der Waals surface area contributed by atoms with Gasteiger partial charge in [-0.3, -0.25) is 4.18 Å². The first-order valence-electron chi connectivity index (χ1n) is 4.86. The Morgan fingerprint density at radius 1 is 1.32 bits per heavy atom. The van der Waals surface area contributed by atoms with E-state index in [1.54, 1.807) is 0 Å². The summed E-state index contributed by atoms with van der Waals surface area (Å²) < 4.78 is 77.2. The number of hydrogen-bond acceptors (Lipinski definition) is 3. The first-order chi connectivity index (χ1) is 8.42. The van der Waals surface area contributed by atoms with Crippen LogP contribution in [0.5, 0.6) is 0 Å². The molecule has 0 spiro atoms. The van der Waals surface area contributed by atoms with Gasteiger partial charge in [0.2, 0.25) is 0 Å². The minimum absolute atomic E-state index is 0.235. The normalized spacial score (nSPS) is 14.5. The molecule has 0 amide bonds. The molecule has 0 N–H and O–H groups in total. The Labute approximate surface area is 112 Å². The average molecular weight is 321 g/mol. The van der Waals surface area contributed by atoms with E-state index in [1.807, 2.05) is 0 Å². The van der Waals surface area contributed by atoms with Crippen LogP contribution < -0.4 is 0 Å². The molecule has 1 rings (SSSR count). The molecule has 0 bridgehead atoms. The van der Waals surface area contributed by atoms with Crippen LogP contribution in [0.25, 0.3) is 0 Å². The molecule has 0 radical (unpaired) electrons. The van der Waals surface area contributed by atoms with E-state index in [0.717, 1.165) is 13.2 Å². The summed E-state index contributed by atoms with van der Waals surface area (Å²) in [6.07, 6.45) is -5.38. The zero-order valence-electron chi connectivity index (χ0n) is 9.75. The summed E-state index contributed by atoms with van der Waals surface area (Å²) in [5, 5.41) is -0.607. The van der Waals surface area contributed by atoms with E-state index in [9.17, 15) is 26.0 Å². The fourth-order valence-corrected chi connectivity index (χ4v) is 2.27. The van der Waals surface area contributed by atoms with Crippen molar-refractivity contribution >= 4 is 21.7 Å². The lowest BCUT2D eigenvalue weighted by Gasteiger charge is -2.16. The summed E-state index contributed by atoms with van der Waals surface area (Å²) in [5.41, 5.74) is -1.66. The molecule has 0 heterocycles. The lowest BCUT2D eigenvalue weighted by atomic mass is 10.1. The van der Waals surface area contributed by atoms with Crippen molar-refractivity contribution in [3.63, 3.8) is 0 Å². The summed E-state index contributed by atoms with van der Waals surface area (Å²) >= 11 is 5.52. The third-order valence-electron chi connectivity index (χ3n) is 2.14. The van der Waals surface area contributed by atoms with Gasteiger partial charge in [-0.05, 0) is 19.1 Å². The smallest absolute Gasteiger partial charge is 0.262 e. The summed E-state index contributed by atoms with van der Waals surface area (Å²) in [4.78, 5) is 0. The third kappa shape index (κ3) is 4.32. The Morgan fingerprint density at radius 3 is 2.26 bits per heavy atom. The highest BCUT2D eigenvalue weighted by atomic mass is 35.5. The van der Waals surface area contributed by atoms with Gasteiger partial charge >= 0.3 is 6.18 Å². The van der Waals surface area contributed by atoms with Crippen LogP contribution in [0.1, 0.15) is 24.2 Å². The van der Waals surface area contributed by atoms with Crippen LogP contribution >= 0.6 is 11.6 Å². The molecule has 1 aromatic carbocycles. The van der Waals surface area contributed by atoms with Gasteiger partial charge in [0.15, 0.2) is 0 Å². The third-order valence-corrected chi connectivity index (χ3v) is 3.18. The van der Waals surface area contributed by atoms with Crippen molar-refractivity contribution in [2.24, 2.45) is 0 Å². The van der Waals surface area contributed by atoms with E-state index in [2.05, 4.69) is 4.18 Å². The molecule has 0 fully saturated rings. The maximum Gasteiger partial charge on any atom is 0.416 e. The second-order valence-corrected chi connectivity index (χ2v) is 5.78. The molecule has 1 unspecified atom stereocenters. The predicted octanol–water partition coefficient (Wildman–Crippen LogP) is 3.54. The monoisotopic (exact) mass is 320 g/mol. The molecule has 0 aliphatic carbocycles. The molecular weight excluding hydrogens is 312 g/mol. The number of alkyl halides is 3. The Kier molecular flexibility index (Phi) is 4.48. The van der Waals surface area contributed by atoms with Gasteiger partial charge in [0.1, 0.15) is 11.9 Å². The molecule has 0 aliphatic heterocycles. The molecule has 0 saturated carbocycles. The molecule has 0 aromatic heterocycles. The largest absolute Gasteiger partial charge is 0.416 e. The van der Waals surface area contributed by atoms with Gasteiger partial charge in [-0.25, -0.2) is 4.39 Å². The van der Waals surface area contributed by atoms with Crippen molar-refractivity contribution in [3.8, 4) is 0 Å². The van der Waals surface area contributed by atoms with E-state index < -0.39 is 38.8 Å². The topological polar surface area (TPSA) is 43.4 Å². The number of benzene rings is 1. The molecule has 0 aliphatic rings. The van der Waals surface area contributed by atoms with Crippen molar-refractivity contribution in [2.45, 2.75) is 19.2 Å². The maximum absolute atomic E-state index is 13.3. The average Bonchev–Trinajstić information content (AvgIpc) is 2.17. The highest BCUT2D eigenvalue weighted by molar-refractivity contribution is 7.86. The van der Waals surface area contributed by atoms with Crippen LogP contribution in [0.15, 0.2) is 12.1 Å². The number of rotatable bonds is 3. The van der Waals surface area contributed by atoms with Crippen LogP contribution in [0, 0.1) is 5.82 Å². The van der Waals surface area contributed by atoms with E-state index in [-0.39, 0.29) is 11.6 Å². The van der Waals surface area contributed by atoms with E-state index >= 15 is 0 Å². The van der Waals surface area contributed by atoms with Gasteiger partial charge in [0, 0.05) is 5.56 Å². The van der Waals surface area contributed by atoms with Crippen LogP contribution in [-0.4, -0.2) is 14.7 Å². The van der Waals surface area contributed by atoms with Gasteiger partial charge in [-0.1, -0.05) is 11.6 Å². The van der Waals surface area contributed by atoms with Crippen LogP contribution in [0.2, 0.25) is 5.02 Å². The van der Waals surface area contributed by atoms with Gasteiger partial charge in [-0.2, -0.15) is 21.6 Å². The first-order valence-corrected chi connectivity index (χ1v) is 7.05. The molecule has 1 atom stereocenters. The second-order valence-electron chi connectivity index (χ2n) is 3.80. The van der Waals surface area contributed by atoms with E-state index in [4.69, 9.17) is 11.6 Å². The van der Waals surface area contributed by atoms with E-state index in [0.29, 0.717) is 6.07 Å². The molecule has 19 heavy (non-hydrogen) atoms. The zero-order valence-corrected chi connectivity index (χ0v) is 11.3. The minimum atomic E-state index is -4.77. The minimum Gasteiger partial charge on any atom is -0.262 e. The summed E-state index contributed by atoms with van der Waals surface area (Å²) in [7, 11) is -3.91. The lowest BCUT2D eigenvalue weighted by molar-refractivity contribution is -0.137. The van der Waals surface area contributed by atoms with Crippen LogP contribution in [0.3, 0.4) is 0 Å². The SMILES string of the molecule is CC(OS(C)(=O)=O)c1cc(C(F)(F)F)cc(F)c1Cl. The Morgan fingerprint density at radius 2 is 1.84 bits per heavy atom. The molecule has 9 heteroatoms.